The maximum absolute atomic E-state index is 11.6. The van der Waals surface area contributed by atoms with Crippen LogP contribution in [0.2, 0.25) is 0 Å². The number of hydrogen-bond donors (Lipinski definition) is 2. The molecule has 1 amide bonds. The zero-order chi connectivity index (χ0) is 13.2. The molecule has 1 heterocycles. The van der Waals surface area contributed by atoms with Gasteiger partial charge in [-0.05, 0) is 30.5 Å². The number of amides is 1. The maximum atomic E-state index is 11.6. The molecule has 5 nitrogen and oxygen atoms in total. The topological polar surface area (TPSA) is 81.6 Å². The number of carbonyl (C=O) groups is 1. The zero-order valence-corrected chi connectivity index (χ0v) is 10.2. The van der Waals surface area contributed by atoms with Crippen molar-refractivity contribution in [1.29, 1.82) is 5.26 Å². The van der Waals surface area contributed by atoms with E-state index in [0.717, 1.165) is 24.1 Å². The fourth-order valence-electron chi connectivity index (χ4n) is 1.83. The molecule has 1 aromatic heterocycles. The van der Waals surface area contributed by atoms with Gasteiger partial charge in [-0.25, -0.2) is 0 Å². The minimum Gasteiger partial charge on any atom is -0.309 e. The number of rotatable bonds is 3. The summed E-state index contributed by atoms with van der Waals surface area (Å²) in [4.78, 5) is 11.6. The van der Waals surface area contributed by atoms with Gasteiger partial charge in [0.15, 0.2) is 5.82 Å². The normalized spacial score (nSPS) is 13.8. The Labute approximate surface area is 110 Å². The van der Waals surface area contributed by atoms with Crippen molar-refractivity contribution in [2.45, 2.75) is 12.8 Å². The first kappa shape index (κ1) is 11.5. The smallest absolute Gasteiger partial charge is 0.228 e. The Morgan fingerprint density at radius 2 is 2.11 bits per heavy atom. The molecule has 0 aliphatic heterocycles. The van der Waals surface area contributed by atoms with Crippen molar-refractivity contribution in [3.8, 4) is 17.3 Å². The lowest BCUT2D eigenvalue weighted by atomic mass is 10.1. The molecule has 94 valence electrons. The van der Waals surface area contributed by atoms with Crippen LogP contribution in [-0.2, 0) is 4.79 Å². The van der Waals surface area contributed by atoms with E-state index in [1.807, 2.05) is 12.1 Å². The molecule has 2 N–H and O–H groups in total. The highest BCUT2D eigenvalue weighted by Gasteiger charge is 2.29. The Bertz CT molecular complexity index is 647. The van der Waals surface area contributed by atoms with Crippen molar-refractivity contribution in [2.24, 2.45) is 5.92 Å². The van der Waals surface area contributed by atoms with Crippen LogP contribution in [0.3, 0.4) is 0 Å². The summed E-state index contributed by atoms with van der Waals surface area (Å²) in [5.74, 6) is 0.740. The van der Waals surface area contributed by atoms with Gasteiger partial charge in [0, 0.05) is 12.0 Å². The van der Waals surface area contributed by atoms with Crippen LogP contribution in [0.4, 0.5) is 5.82 Å². The fourth-order valence-corrected chi connectivity index (χ4v) is 1.83. The molecule has 0 spiro atoms. The van der Waals surface area contributed by atoms with Crippen LogP contribution in [0.5, 0.6) is 0 Å². The van der Waals surface area contributed by atoms with Crippen molar-refractivity contribution in [3.63, 3.8) is 0 Å². The third-order valence-electron chi connectivity index (χ3n) is 3.10. The Morgan fingerprint density at radius 3 is 2.74 bits per heavy atom. The summed E-state index contributed by atoms with van der Waals surface area (Å²) < 4.78 is 0. The molecule has 1 fully saturated rings. The molecule has 1 aliphatic rings. The molecule has 1 aliphatic carbocycles. The van der Waals surface area contributed by atoms with Crippen LogP contribution in [0.1, 0.15) is 18.4 Å². The van der Waals surface area contributed by atoms with Gasteiger partial charge >= 0.3 is 0 Å². The van der Waals surface area contributed by atoms with Crippen molar-refractivity contribution >= 4 is 11.7 Å². The van der Waals surface area contributed by atoms with E-state index in [9.17, 15) is 4.79 Å². The highest BCUT2D eigenvalue weighted by molar-refractivity contribution is 5.93. The van der Waals surface area contributed by atoms with Crippen molar-refractivity contribution < 1.29 is 4.79 Å². The Balaban J connectivity index is 1.76. The number of anilines is 1. The Kier molecular flexibility index (Phi) is 2.76. The monoisotopic (exact) mass is 252 g/mol. The van der Waals surface area contributed by atoms with Gasteiger partial charge in [0.05, 0.1) is 17.3 Å². The van der Waals surface area contributed by atoms with Crippen LogP contribution in [0, 0.1) is 17.2 Å². The number of aromatic amines is 1. The number of nitrogens with one attached hydrogen (secondary N) is 2. The quantitative estimate of drug-likeness (QED) is 0.879. The second kappa shape index (κ2) is 4.58. The Morgan fingerprint density at radius 1 is 1.37 bits per heavy atom. The fraction of sp³-hybridized carbons (Fsp3) is 0.214. The van der Waals surface area contributed by atoms with Gasteiger partial charge in [0.2, 0.25) is 5.91 Å². The summed E-state index contributed by atoms with van der Waals surface area (Å²) in [6, 6.07) is 11.1. The predicted octanol–water partition coefficient (Wildman–Crippen LogP) is 2.30. The summed E-state index contributed by atoms with van der Waals surface area (Å²) in [6.45, 7) is 0. The molecule has 1 saturated carbocycles. The number of nitriles is 1. The predicted molar refractivity (Wildman–Crippen MR) is 70.1 cm³/mol. The van der Waals surface area contributed by atoms with Crippen LogP contribution >= 0.6 is 0 Å². The molecule has 19 heavy (non-hydrogen) atoms. The van der Waals surface area contributed by atoms with E-state index in [1.165, 1.54) is 0 Å². The summed E-state index contributed by atoms with van der Waals surface area (Å²) in [6.07, 6.45) is 1.94. The summed E-state index contributed by atoms with van der Waals surface area (Å²) in [5.41, 5.74) is 2.36. The first-order valence-corrected chi connectivity index (χ1v) is 6.13. The van der Waals surface area contributed by atoms with E-state index in [1.54, 1.807) is 18.2 Å². The third-order valence-corrected chi connectivity index (χ3v) is 3.10. The molecular weight excluding hydrogens is 240 g/mol. The van der Waals surface area contributed by atoms with Crippen LogP contribution in [0.25, 0.3) is 11.3 Å². The molecule has 2 aromatic rings. The lowest BCUT2D eigenvalue weighted by Crippen LogP contribution is -2.13. The van der Waals surface area contributed by atoms with Gasteiger partial charge in [0.25, 0.3) is 0 Å². The average molecular weight is 252 g/mol. The van der Waals surface area contributed by atoms with Crippen molar-refractivity contribution in [3.05, 3.63) is 35.9 Å². The van der Waals surface area contributed by atoms with E-state index in [4.69, 9.17) is 5.26 Å². The van der Waals surface area contributed by atoms with Gasteiger partial charge in [-0.1, -0.05) is 12.1 Å². The number of benzene rings is 1. The van der Waals surface area contributed by atoms with E-state index >= 15 is 0 Å². The van der Waals surface area contributed by atoms with Crippen LogP contribution in [-0.4, -0.2) is 16.1 Å². The molecule has 5 heteroatoms. The minimum atomic E-state index is 0.0397. The standard InChI is InChI=1S/C14H12N4O/c15-8-9-1-3-10(4-2-9)12-7-13(18-17-12)16-14(19)11-5-6-11/h1-4,7,11H,5-6H2,(H2,16,17,18,19). The van der Waals surface area contributed by atoms with E-state index in [-0.39, 0.29) is 11.8 Å². The highest BCUT2D eigenvalue weighted by Crippen LogP contribution is 2.30. The van der Waals surface area contributed by atoms with E-state index in [0.29, 0.717) is 11.4 Å². The lowest BCUT2D eigenvalue weighted by molar-refractivity contribution is -0.117. The lowest BCUT2D eigenvalue weighted by Gasteiger charge is -1.98. The van der Waals surface area contributed by atoms with Gasteiger partial charge in [-0.15, -0.1) is 0 Å². The van der Waals surface area contributed by atoms with E-state index in [2.05, 4.69) is 21.6 Å². The molecule has 0 radical (unpaired) electrons. The maximum Gasteiger partial charge on any atom is 0.228 e. The molecule has 0 bridgehead atoms. The molecule has 0 unspecified atom stereocenters. The minimum absolute atomic E-state index is 0.0397. The van der Waals surface area contributed by atoms with Crippen LogP contribution in [0.15, 0.2) is 30.3 Å². The number of hydrogen-bond acceptors (Lipinski definition) is 3. The average Bonchev–Trinajstić information content (AvgIpc) is 3.20. The van der Waals surface area contributed by atoms with Gasteiger partial charge in [-0.2, -0.15) is 10.4 Å². The van der Waals surface area contributed by atoms with Crippen molar-refractivity contribution in [2.75, 3.05) is 5.32 Å². The SMILES string of the molecule is N#Cc1ccc(-c2cc(NC(=O)C3CC3)n[nH]2)cc1. The second-order valence-electron chi connectivity index (χ2n) is 4.62. The highest BCUT2D eigenvalue weighted by atomic mass is 16.2. The summed E-state index contributed by atoms with van der Waals surface area (Å²) in [7, 11) is 0. The first-order chi connectivity index (χ1) is 9.26. The van der Waals surface area contributed by atoms with E-state index < -0.39 is 0 Å². The number of aromatic nitrogens is 2. The Hall–Kier alpha value is -2.61. The summed E-state index contributed by atoms with van der Waals surface area (Å²) in [5, 5.41) is 18.5. The van der Waals surface area contributed by atoms with Gasteiger partial charge in [0.1, 0.15) is 0 Å². The van der Waals surface area contributed by atoms with Crippen molar-refractivity contribution in [1.82, 2.24) is 10.2 Å². The van der Waals surface area contributed by atoms with Gasteiger partial charge < -0.3 is 5.32 Å². The van der Waals surface area contributed by atoms with Gasteiger partial charge in [-0.3, -0.25) is 9.89 Å². The second-order valence-corrected chi connectivity index (χ2v) is 4.62. The number of carbonyl (C=O) groups excluding carboxylic acids is 1. The largest absolute Gasteiger partial charge is 0.309 e. The molecular formula is C14H12N4O. The molecule has 0 atom stereocenters. The zero-order valence-electron chi connectivity index (χ0n) is 10.2. The van der Waals surface area contributed by atoms with Crippen LogP contribution < -0.4 is 5.32 Å². The third kappa shape index (κ3) is 2.47. The first-order valence-electron chi connectivity index (χ1n) is 6.13. The summed E-state index contributed by atoms with van der Waals surface area (Å²) >= 11 is 0. The molecule has 0 saturated heterocycles. The number of nitrogens with zero attached hydrogens (tertiary/aromatic N) is 2. The molecule has 3 rings (SSSR count). The number of H-pyrrole nitrogens is 1. The molecule has 1 aromatic carbocycles.